The Morgan fingerprint density at radius 2 is 1.83 bits per heavy atom. The summed E-state index contributed by atoms with van der Waals surface area (Å²) in [5, 5.41) is 9.91. The molecule has 0 N–H and O–H groups in total. The van der Waals surface area contributed by atoms with Crippen molar-refractivity contribution in [2.45, 2.75) is 25.3 Å². The van der Waals surface area contributed by atoms with Gasteiger partial charge in [0.2, 0.25) is 0 Å². The van der Waals surface area contributed by atoms with E-state index in [0.29, 0.717) is 5.92 Å². The van der Waals surface area contributed by atoms with Crippen molar-refractivity contribution < 1.29 is 0 Å². The predicted molar refractivity (Wildman–Crippen MR) is 95.4 cm³/mol. The molecule has 0 saturated heterocycles. The predicted octanol–water partition coefficient (Wildman–Crippen LogP) is 4.55. The van der Waals surface area contributed by atoms with Gasteiger partial charge in [0, 0.05) is 18.7 Å². The van der Waals surface area contributed by atoms with Crippen LogP contribution >= 0.6 is 0 Å². The number of nitrogens with zero attached hydrogens (tertiary/aromatic N) is 2. The smallest absolute Gasteiger partial charge is 0.124 e. The normalized spacial score (nSPS) is 20.9. The van der Waals surface area contributed by atoms with Crippen LogP contribution in [0.3, 0.4) is 0 Å². The van der Waals surface area contributed by atoms with Crippen LogP contribution in [0, 0.1) is 17.2 Å². The van der Waals surface area contributed by atoms with Crippen molar-refractivity contribution >= 4 is 5.69 Å². The van der Waals surface area contributed by atoms with E-state index in [1.807, 2.05) is 25.2 Å². The van der Waals surface area contributed by atoms with Gasteiger partial charge in [0.1, 0.15) is 6.04 Å². The second-order valence-corrected chi connectivity index (χ2v) is 6.14. The first kappa shape index (κ1) is 15.4. The average Bonchev–Trinajstić information content (AvgIpc) is 2.95. The summed E-state index contributed by atoms with van der Waals surface area (Å²) in [6.45, 7) is 2.06. The van der Waals surface area contributed by atoms with E-state index < -0.39 is 0 Å². The van der Waals surface area contributed by atoms with E-state index in [9.17, 15) is 5.26 Å². The minimum absolute atomic E-state index is 0.178. The topological polar surface area (TPSA) is 27.0 Å². The monoisotopic (exact) mass is 302 g/mol. The van der Waals surface area contributed by atoms with Gasteiger partial charge in [-0.1, -0.05) is 54.6 Å². The van der Waals surface area contributed by atoms with E-state index in [1.54, 1.807) is 0 Å². The molecule has 0 heterocycles. The number of para-hydroxylation sites is 1. The Morgan fingerprint density at radius 3 is 2.52 bits per heavy atom. The minimum Gasteiger partial charge on any atom is -0.358 e. The summed E-state index contributed by atoms with van der Waals surface area (Å²) in [6, 6.07) is 21.1. The molecule has 3 rings (SSSR count). The Hall–Kier alpha value is -2.53. The van der Waals surface area contributed by atoms with Gasteiger partial charge in [-0.25, -0.2) is 0 Å². The second-order valence-electron chi connectivity index (χ2n) is 6.14. The zero-order valence-corrected chi connectivity index (χ0v) is 13.7. The lowest BCUT2D eigenvalue weighted by Gasteiger charge is -2.32. The van der Waals surface area contributed by atoms with Crippen molar-refractivity contribution in [1.82, 2.24) is 0 Å². The molecule has 116 valence electrons. The van der Waals surface area contributed by atoms with Crippen molar-refractivity contribution in [2.24, 2.45) is 5.92 Å². The first-order valence-electron chi connectivity index (χ1n) is 8.14. The van der Waals surface area contributed by atoms with Crippen LogP contribution in [0.2, 0.25) is 0 Å². The van der Waals surface area contributed by atoms with E-state index in [-0.39, 0.29) is 12.0 Å². The maximum absolute atomic E-state index is 9.91. The molecule has 0 unspecified atom stereocenters. The largest absolute Gasteiger partial charge is 0.358 e. The number of fused-ring (bicyclic) bond motifs is 1. The Morgan fingerprint density at radius 1 is 1.13 bits per heavy atom. The molecule has 2 heteroatoms. The van der Waals surface area contributed by atoms with Crippen LogP contribution < -0.4 is 4.90 Å². The lowest BCUT2D eigenvalue weighted by Crippen LogP contribution is -2.37. The summed E-state index contributed by atoms with van der Waals surface area (Å²) in [5.74, 6) is 0.589. The second kappa shape index (κ2) is 6.71. The summed E-state index contributed by atoms with van der Waals surface area (Å²) in [7, 11) is 2.02. The van der Waals surface area contributed by atoms with Crippen LogP contribution in [-0.2, 0) is 6.42 Å². The van der Waals surface area contributed by atoms with Gasteiger partial charge in [-0.15, -0.1) is 0 Å². The Bertz CT molecular complexity index is 727. The van der Waals surface area contributed by atoms with Gasteiger partial charge >= 0.3 is 0 Å². The quantitative estimate of drug-likeness (QED) is 0.775. The standard InChI is InChI=1S/C21H22N2/c1-3-9-17-14-16-10-7-8-13-19(16)21(17)20(15-22)23(2)18-11-5-4-6-12-18/h3-13,17,20-21H,14H2,1-2H3/b9-3+/t17-,20-,21+/m1/s1. The zero-order chi connectivity index (χ0) is 16.2. The zero-order valence-electron chi connectivity index (χ0n) is 13.7. The molecule has 2 aromatic carbocycles. The molecule has 3 atom stereocenters. The fourth-order valence-corrected chi connectivity index (χ4v) is 3.73. The molecular weight excluding hydrogens is 280 g/mol. The third-order valence-electron chi connectivity index (χ3n) is 4.82. The molecule has 0 saturated carbocycles. The highest BCUT2D eigenvalue weighted by atomic mass is 15.1. The molecule has 2 aromatic rings. The third-order valence-corrected chi connectivity index (χ3v) is 4.82. The number of benzene rings is 2. The average molecular weight is 302 g/mol. The number of likely N-dealkylation sites (N-methyl/N-ethyl adjacent to an activating group) is 1. The molecule has 0 radical (unpaired) electrons. The SMILES string of the molecule is C/C=C/[C@@H]1Cc2ccccc2[C@H]1[C@@H](C#N)N(C)c1ccccc1. The van der Waals surface area contributed by atoms with Crippen molar-refractivity contribution in [3.63, 3.8) is 0 Å². The lowest BCUT2D eigenvalue weighted by atomic mass is 9.85. The van der Waals surface area contributed by atoms with Crippen LogP contribution in [0.4, 0.5) is 5.69 Å². The summed E-state index contributed by atoms with van der Waals surface area (Å²) >= 11 is 0. The molecule has 0 spiro atoms. The first-order chi connectivity index (χ1) is 11.3. The van der Waals surface area contributed by atoms with Gasteiger partial charge in [0.05, 0.1) is 6.07 Å². The molecular formula is C21H22N2. The maximum atomic E-state index is 9.91. The maximum Gasteiger partial charge on any atom is 0.124 e. The molecule has 0 fully saturated rings. The van der Waals surface area contributed by atoms with Crippen molar-refractivity contribution in [3.8, 4) is 6.07 Å². The lowest BCUT2D eigenvalue weighted by molar-refractivity contribution is 0.496. The van der Waals surface area contributed by atoms with Gasteiger partial charge in [0.25, 0.3) is 0 Å². The van der Waals surface area contributed by atoms with Crippen molar-refractivity contribution in [2.75, 3.05) is 11.9 Å². The summed E-state index contributed by atoms with van der Waals surface area (Å²) in [6.07, 6.45) is 5.39. The fraction of sp³-hybridized carbons (Fsp3) is 0.286. The number of hydrogen-bond donors (Lipinski definition) is 0. The molecule has 0 aromatic heterocycles. The van der Waals surface area contributed by atoms with E-state index in [4.69, 9.17) is 0 Å². The molecule has 1 aliphatic rings. The van der Waals surface area contributed by atoms with Crippen molar-refractivity contribution in [1.29, 1.82) is 5.26 Å². The van der Waals surface area contributed by atoms with Crippen LogP contribution in [0.25, 0.3) is 0 Å². The molecule has 2 nitrogen and oxygen atoms in total. The Labute approximate surface area is 138 Å². The highest BCUT2D eigenvalue weighted by Gasteiger charge is 2.38. The summed E-state index contributed by atoms with van der Waals surface area (Å²) < 4.78 is 0. The highest BCUT2D eigenvalue weighted by molar-refractivity contribution is 5.51. The van der Waals surface area contributed by atoms with Gasteiger partial charge < -0.3 is 4.90 Å². The summed E-state index contributed by atoms with van der Waals surface area (Å²) in [5.41, 5.74) is 3.79. The summed E-state index contributed by atoms with van der Waals surface area (Å²) in [4.78, 5) is 2.11. The van der Waals surface area contributed by atoms with Crippen LogP contribution in [0.15, 0.2) is 66.7 Å². The third kappa shape index (κ3) is 2.87. The number of anilines is 1. The Kier molecular flexibility index (Phi) is 4.48. The van der Waals surface area contributed by atoms with Gasteiger partial charge in [-0.3, -0.25) is 0 Å². The number of allylic oxidation sites excluding steroid dienone is 2. The fourth-order valence-electron chi connectivity index (χ4n) is 3.73. The van der Waals surface area contributed by atoms with E-state index in [2.05, 4.69) is 66.4 Å². The number of hydrogen-bond acceptors (Lipinski definition) is 2. The highest BCUT2D eigenvalue weighted by Crippen LogP contribution is 2.42. The van der Waals surface area contributed by atoms with E-state index >= 15 is 0 Å². The Balaban J connectivity index is 2.00. The number of nitriles is 1. The molecule has 0 amide bonds. The number of rotatable bonds is 4. The first-order valence-corrected chi connectivity index (χ1v) is 8.14. The molecule has 0 bridgehead atoms. The van der Waals surface area contributed by atoms with Crippen LogP contribution in [-0.4, -0.2) is 13.1 Å². The minimum atomic E-state index is -0.178. The van der Waals surface area contributed by atoms with E-state index in [1.165, 1.54) is 11.1 Å². The van der Waals surface area contributed by atoms with Crippen LogP contribution in [0.5, 0.6) is 0 Å². The van der Waals surface area contributed by atoms with Gasteiger partial charge in [-0.05, 0) is 42.5 Å². The van der Waals surface area contributed by atoms with Gasteiger partial charge in [0.15, 0.2) is 0 Å². The van der Waals surface area contributed by atoms with E-state index in [0.717, 1.165) is 12.1 Å². The van der Waals surface area contributed by atoms with Crippen LogP contribution in [0.1, 0.15) is 24.0 Å². The molecule has 1 aliphatic carbocycles. The molecule has 0 aliphatic heterocycles. The van der Waals surface area contributed by atoms with Gasteiger partial charge in [-0.2, -0.15) is 5.26 Å². The molecule has 23 heavy (non-hydrogen) atoms. The van der Waals surface area contributed by atoms with Crippen molar-refractivity contribution in [3.05, 3.63) is 77.9 Å².